The third-order valence-electron chi connectivity index (χ3n) is 4.93. The Morgan fingerprint density at radius 3 is 2.54 bits per heavy atom. The van der Waals surface area contributed by atoms with Gasteiger partial charge in [0.2, 0.25) is 0 Å². The number of carbonyl (C=O) groups is 1. The Labute approximate surface area is 155 Å². The summed E-state index contributed by atoms with van der Waals surface area (Å²) >= 11 is 0. The van der Waals surface area contributed by atoms with Crippen molar-refractivity contribution in [3.05, 3.63) is 46.9 Å². The molecule has 0 radical (unpaired) electrons. The third kappa shape index (κ3) is 4.21. The van der Waals surface area contributed by atoms with E-state index < -0.39 is 0 Å². The molecule has 0 bridgehead atoms. The topological polar surface area (TPSA) is 58.1 Å². The summed E-state index contributed by atoms with van der Waals surface area (Å²) in [5.41, 5.74) is 3.47. The van der Waals surface area contributed by atoms with Gasteiger partial charge in [-0.25, -0.2) is 9.97 Å². The molecule has 1 fully saturated rings. The summed E-state index contributed by atoms with van der Waals surface area (Å²) in [4.78, 5) is 24.1. The van der Waals surface area contributed by atoms with Crippen LogP contribution in [0.2, 0.25) is 0 Å². The Hall–Kier alpha value is -2.43. The molecule has 3 rings (SSSR count). The van der Waals surface area contributed by atoms with E-state index in [1.807, 2.05) is 39.0 Å². The van der Waals surface area contributed by atoms with Crippen LogP contribution in [0, 0.1) is 20.8 Å². The zero-order chi connectivity index (χ0) is 18.7. The number of amides is 1. The minimum Gasteiger partial charge on any atom is -0.354 e. The molecule has 1 N–H and O–H groups in total. The van der Waals surface area contributed by atoms with Gasteiger partial charge >= 0.3 is 0 Å². The van der Waals surface area contributed by atoms with E-state index >= 15 is 0 Å². The molecule has 5 nitrogen and oxygen atoms in total. The SMILES string of the molecule is CCC1CCCCN1c1cc(C(=O)Nc2cc(C)cc(C)c2)nc(C)n1. The second-order valence-electron chi connectivity index (χ2n) is 7.24. The monoisotopic (exact) mass is 352 g/mol. The summed E-state index contributed by atoms with van der Waals surface area (Å²) in [6.07, 6.45) is 4.71. The molecule has 2 heterocycles. The summed E-state index contributed by atoms with van der Waals surface area (Å²) in [7, 11) is 0. The van der Waals surface area contributed by atoms with Crippen molar-refractivity contribution >= 4 is 17.4 Å². The zero-order valence-electron chi connectivity index (χ0n) is 16.2. The van der Waals surface area contributed by atoms with Crippen LogP contribution in [0.5, 0.6) is 0 Å². The molecule has 0 aliphatic carbocycles. The lowest BCUT2D eigenvalue weighted by molar-refractivity contribution is 0.102. The normalized spacial score (nSPS) is 17.2. The Morgan fingerprint density at radius 1 is 1.12 bits per heavy atom. The van der Waals surface area contributed by atoms with E-state index in [0.29, 0.717) is 17.6 Å². The van der Waals surface area contributed by atoms with Crippen LogP contribution in [0.4, 0.5) is 11.5 Å². The van der Waals surface area contributed by atoms with Crippen molar-refractivity contribution in [1.82, 2.24) is 9.97 Å². The van der Waals surface area contributed by atoms with Gasteiger partial charge in [-0.1, -0.05) is 13.0 Å². The summed E-state index contributed by atoms with van der Waals surface area (Å²) < 4.78 is 0. The molecule has 1 aromatic heterocycles. The van der Waals surface area contributed by atoms with Crippen LogP contribution in [0.25, 0.3) is 0 Å². The van der Waals surface area contributed by atoms with E-state index in [9.17, 15) is 4.79 Å². The highest BCUT2D eigenvalue weighted by atomic mass is 16.1. The highest BCUT2D eigenvalue weighted by Crippen LogP contribution is 2.26. The van der Waals surface area contributed by atoms with Gasteiger partial charge in [-0.05, 0) is 69.7 Å². The average Bonchev–Trinajstić information content (AvgIpc) is 2.60. The lowest BCUT2D eigenvalue weighted by atomic mass is 10.00. The van der Waals surface area contributed by atoms with Gasteiger partial charge in [0, 0.05) is 24.3 Å². The Morgan fingerprint density at radius 2 is 1.85 bits per heavy atom. The average molecular weight is 352 g/mol. The highest BCUT2D eigenvalue weighted by molar-refractivity contribution is 6.03. The van der Waals surface area contributed by atoms with E-state index in [0.717, 1.165) is 35.6 Å². The fraction of sp³-hybridized carbons (Fsp3) is 0.476. The molecule has 1 unspecified atom stereocenters. The van der Waals surface area contributed by atoms with E-state index in [2.05, 4.69) is 33.2 Å². The summed E-state index contributed by atoms with van der Waals surface area (Å²) in [5.74, 6) is 1.31. The van der Waals surface area contributed by atoms with Crippen molar-refractivity contribution in [2.24, 2.45) is 0 Å². The quantitative estimate of drug-likeness (QED) is 0.885. The Bertz CT molecular complexity index is 782. The summed E-state index contributed by atoms with van der Waals surface area (Å²) in [5, 5.41) is 2.97. The number of nitrogens with one attached hydrogen (secondary N) is 1. The second-order valence-corrected chi connectivity index (χ2v) is 7.24. The zero-order valence-corrected chi connectivity index (χ0v) is 16.2. The van der Waals surface area contributed by atoms with Crippen molar-refractivity contribution in [3.8, 4) is 0 Å². The molecule has 5 heteroatoms. The van der Waals surface area contributed by atoms with Gasteiger partial charge in [0.15, 0.2) is 0 Å². The van der Waals surface area contributed by atoms with E-state index in [1.165, 1.54) is 19.3 Å². The van der Waals surface area contributed by atoms with Crippen molar-refractivity contribution in [2.45, 2.75) is 59.4 Å². The first-order valence-electron chi connectivity index (χ1n) is 9.48. The number of rotatable bonds is 4. The number of aryl methyl sites for hydroxylation is 3. The smallest absolute Gasteiger partial charge is 0.274 e. The first kappa shape index (κ1) is 18.4. The molecule has 1 saturated heterocycles. The molecule has 1 atom stereocenters. The molecule has 0 saturated carbocycles. The van der Waals surface area contributed by atoms with Crippen LogP contribution in [-0.4, -0.2) is 28.5 Å². The van der Waals surface area contributed by atoms with Crippen molar-refractivity contribution in [3.63, 3.8) is 0 Å². The lowest BCUT2D eigenvalue weighted by Crippen LogP contribution is -2.40. The lowest BCUT2D eigenvalue weighted by Gasteiger charge is -2.36. The summed E-state index contributed by atoms with van der Waals surface area (Å²) in [6, 6.07) is 8.35. The van der Waals surface area contributed by atoms with E-state index in [1.54, 1.807) is 0 Å². The molecule has 1 aliphatic heterocycles. The van der Waals surface area contributed by atoms with Crippen molar-refractivity contribution < 1.29 is 4.79 Å². The van der Waals surface area contributed by atoms with Gasteiger partial charge in [-0.3, -0.25) is 4.79 Å². The standard InChI is InChI=1S/C21H28N4O/c1-5-18-8-6-7-9-25(18)20-13-19(22-16(4)23-20)21(26)24-17-11-14(2)10-15(3)12-17/h10-13,18H,5-9H2,1-4H3,(H,24,26). The molecule has 138 valence electrons. The second kappa shape index (κ2) is 7.85. The molecular formula is C21H28N4O. The molecular weight excluding hydrogens is 324 g/mol. The summed E-state index contributed by atoms with van der Waals surface area (Å²) in [6.45, 7) is 9.10. The van der Waals surface area contributed by atoms with Crippen LogP contribution in [0.3, 0.4) is 0 Å². The van der Waals surface area contributed by atoms with Gasteiger partial charge in [0.05, 0.1) is 0 Å². The minimum absolute atomic E-state index is 0.188. The molecule has 1 aliphatic rings. The molecule has 2 aromatic rings. The fourth-order valence-electron chi connectivity index (χ4n) is 3.78. The van der Waals surface area contributed by atoms with Gasteiger partial charge < -0.3 is 10.2 Å². The van der Waals surface area contributed by atoms with E-state index in [-0.39, 0.29) is 5.91 Å². The first-order valence-corrected chi connectivity index (χ1v) is 9.48. The maximum Gasteiger partial charge on any atom is 0.274 e. The minimum atomic E-state index is -0.188. The van der Waals surface area contributed by atoms with Gasteiger partial charge in [0.1, 0.15) is 17.3 Å². The molecule has 0 spiro atoms. The van der Waals surface area contributed by atoms with Crippen LogP contribution < -0.4 is 10.2 Å². The number of anilines is 2. The van der Waals surface area contributed by atoms with Gasteiger partial charge in [-0.15, -0.1) is 0 Å². The van der Waals surface area contributed by atoms with Crippen LogP contribution in [0.1, 0.15) is 60.0 Å². The predicted octanol–water partition coefficient (Wildman–Crippen LogP) is 4.42. The fourth-order valence-corrected chi connectivity index (χ4v) is 3.78. The number of hydrogen-bond donors (Lipinski definition) is 1. The number of aromatic nitrogens is 2. The number of benzene rings is 1. The number of piperidine rings is 1. The molecule has 26 heavy (non-hydrogen) atoms. The van der Waals surface area contributed by atoms with Crippen molar-refractivity contribution in [2.75, 3.05) is 16.8 Å². The number of hydrogen-bond acceptors (Lipinski definition) is 4. The number of carbonyl (C=O) groups excluding carboxylic acids is 1. The Balaban J connectivity index is 1.85. The van der Waals surface area contributed by atoms with Crippen molar-refractivity contribution in [1.29, 1.82) is 0 Å². The maximum absolute atomic E-state index is 12.8. The third-order valence-corrected chi connectivity index (χ3v) is 4.93. The Kier molecular flexibility index (Phi) is 5.55. The number of nitrogens with zero attached hydrogens (tertiary/aromatic N) is 3. The highest BCUT2D eigenvalue weighted by Gasteiger charge is 2.23. The van der Waals surface area contributed by atoms with E-state index in [4.69, 9.17) is 0 Å². The molecule has 1 amide bonds. The van der Waals surface area contributed by atoms with Crippen LogP contribution in [-0.2, 0) is 0 Å². The predicted molar refractivity (Wildman–Crippen MR) is 106 cm³/mol. The van der Waals surface area contributed by atoms with Crippen LogP contribution in [0.15, 0.2) is 24.3 Å². The maximum atomic E-state index is 12.8. The first-order chi connectivity index (χ1) is 12.5. The largest absolute Gasteiger partial charge is 0.354 e. The van der Waals surface area contributed by atoms with Gasteiger partial charge in [0.25, 0.3) is 5.91 Å². The van der Waals surface area contributed by atoms with Crippen LogP contribution >= 0.6 is 0 Å². The van der Waals surface area contributed by atoms with Gasteiger partial charge in [-0.2, -0.15) is 0 Å². The molecule has 1 aromatic carbocycles.